The van der Waals surface area contributed by atoms with Gasteiger partial charge in [0.1, 0.15) is 0 Å². The molecule has 0 aliphatic heterocycles. The maximum absolute atomic E-state index is 2.39. The zero-order chi connectivity index (χ0) is 7.56. The average molecular weight is 156 g/mol. The van der Waals surface area contributed by atoms with Crippen LogP contribution in [0.4, 0.5) is 0 Å². The maximum Gasteiger partial charge on any atom is -0.0391 e. The molecule has 0 heteroatoms. The molecular weight excluding hydrogens is 132 g/mol. The van der Waals surface area contributed by atoms with Gasteiger partial charge in [0, 0.05) is 0 Å². The summed E-state index contributed by atoms with van der Waals surface area (Å²) in [4.78, 5) is 0. The highest BCUT2D eigenvalue weighted by Crippen LogP contribution is 2.32. The molecule has 11 heavy (non-hydrogen) atoms. The van der Waals surface area contributed by atoms with Gasteiger partial charge >= 0.3 is 0 Å². The van der Waals surface area contributed by atoms with Gasteiger partial charge < -0.3 is 0 Å². The molecule has 0 heterocycles. The third kappa shape index (κ3) is 3.27. The molecule has 0 atom stereocenters. The van der Waals surface area contributed by atoms with E-state index in [1.807, 2.05) is 0 Å². The zero-order valence-electron chi connectivity index (χ0n) is 7.56. The normalized spacial score (nSPS) is 31.6. The minimum Gasteiger partial charge on any atom is -0.0776 e. The molecule has 0 nitrogen and oxygen atoms in total. The molecule has 1 rings (SSSR count). The molecule has 0 unspecified atom stereocenters. The third-order valence-corrected chi connectivity index (χ3v) is 3.00. The highest BCUT2D eigenvalue weighted by Gasteiger charge is 2.19. The van der Waals surface area contributed by atoms with E-state index in [1.54, 1.807) is 0 Å². The van der Waals surface area contributed by atoms with E-state index in [1.165, 1.54) is 25.7 Å². The van der Waals surface area contributed by atoms with Crippen LogP contribution in [0.25, 0.3) is 0 Å². The van der Waals surface area contributed by atoms with Crippen LogP contribution in [-0.2, 0) is 0 Å². The fourth-order valence-electron chi connectivity index (χ4n) is 1.95. The maximum atomic E-state index is 2.39. The van der Waals surface area contributed by atoms with Gasteiger partial charge in [0.2, 0.25) is 0 Å². The number of hydrogen-bond donors (Lipinski definition) is 0. The highest BCUT2D eigenvalue weighted by molar-refractivity contribution is 4.71. The van der Waals surface area contributed by atoms with Crippen LogP contribution in [0.3, 0.4) is 0 Å². The Balaban J connectivity index is 0.000001000. The van der Waals surface area contributed by atoms with Crippen LogP contribution < -0.4 is 0 Å². The lowest BCUT2D eigenvalue weighted by molar-refractivity contribution is 0.234. The summed E-state index contributed by atoms with van der Waals surface area (Å²) < 4.78 is 0. The van der Waals surface area contributed by atoms with Crippen molar-refractivity contribution in [3.05, 3.63) is 0 Å². The largest absolute Gasteiger partial charge is 0.0776 e. The Bertz CT molecular complexity index is 86.2. The Kier molecular flexibility index (Phi) is 4.79. The van der Waals surface area contributed by atoms with Crippen molar-refractivity contribution in [2.45, 2.75) is 53.9 Å². The smallest absolute Gasteiger partial charge is 0.0391 e. The summed E-state index contributed by atoms with van der Waals surface area (Å²) in [6, 6.07) is 0. The zero-order valence-corrected chi connectivity index (χ0v) is 7.56. The summed E-state index contributed by atoms with van der Waals surface area (Å²) in [7, 11) is 0. The first-order chi connectivity index (χ1) is 4.70. The van der Waals surface area contributed by atoms with Gasteiger partial charge in [0.25, 0.3) is 0 Å². The Hall–Kier alpha value is 0. The second-order valence-electron chi connectivity index (χ2n) is 4.26. The van der Waals surface area contributed by atoms with Crippen LogP contribution in [0.1, 0.15) is 53.9 Å². The summed E-state index contributed by atoms with van der Waals surface area (Å²) in [5.74, 6) is 2.97. The first-order valence-corrected chi connectivity index (χ1v) is 4.70. The Morgan fingerprint density at radius 2 is 1.45 bits per heavy atom. The molecule has 0 saturated heterocycles. The van der Waals surface area contributed by atoms with E-state index in [-0.39, 0.29) is 7.43 Å². The van der Waals surface area contributed by atoms with Crippen molar-refractivity contribution < 1.29 is 0 Å². The Labute approximate surface area is 72.4 Å². The fraction of sp³-hybridized carbons (Fsp3) is 1.00. The second-order valence-corrected chi connectivity index (χ2v) is 4.26. The first-order valence-electron chi connectivity index (χ1n) is 4.70. The number of rotatable bonds is 1. The van der Waals surface area contributed by atoms with Crippen LogP contribution in [0, 0.1) is 17.8 Å². The van der Waals surface area contributed by atoms with Gasteiger partial charge in [0.15, 0.2) is 0 Å². The van der Waals surface area contributed by atoms with Crippen molar-refractivity contribution in [2.75, 3.05) is 0 Å². The summed E-state index contributed by atoms with van der Waals surface area (Å²) in [6.07, 6.45) is 5.92. The highest BCUT2D eigenvalue weighted by atomic mass is 14.3. The molecule has 1 aliphatic carbocycles. The molecule has 1 saturated carbocycles. The van der Waals surface area contributed by atoms with Gasteiger partial charge in [0.05, 0.1) is 0 Å². The van der Waals surface area contributed by atoms with Crippen molar-refractivity contribution >= 4 is 0 Å². The molecule has 0 spiro atoms. The minimum atomic E-state index is 0. The minimum absolute atomic E-state index is 0. The SMILES string of the molecule is C.CC1CCC(C(C)C)CC1. The molecule has 0 radical (unpaired) electrons. The van der Waals surface area contributed by atoms with Crippen molar-refractivity contribution in [1.82, 2.24) is 0 Å². The van der Waals surface area contributed by atoms with Crippen LogP contribution in [0.15, 0.2) is 0 Å². The molecule has 68 valence electrons. The van der Waals surface area contributed by atoms with E-state index in [9.17, 15) is 0 Å². The topological polar surface area (TPSA) is 0 Å². The predicted molar refractivity (Wildman–Crippen MR) is 52.7 cm³/mol. The van der Waals surface area contributed by atoms with E-state index in [4.69, 9.17) is 0 Å². The Morgan fingerprint density at radius 3 is 1.82 bits per heavy atom. The lowest BCUT2D eigenvalue weighted by Gasteiger charge is -2.28. The molecule has 0 N–H and O–H groups in total. The molecule has 1 fully saturated rings. The van der Waals surface area contributed by atoms with E-state index in [0.29, 0.717) is 0 Å². The van der Waals surface area contributed by atoms with Crippen LogP contribution in [0.2, 0.25) is 0 Å². The predicted octanol–water partition coefficient (Wildman–Crippen LogP) is 4.10. The van der Waals surface area contributed by atoms with Crippen LogP contribution >= 0.6 is 0 Å². The molecule has 0 aromatic carbocycles. The van der Waals surface area contributed by atoms with Gasteiger partial charge in [-0.3, -0.25) is 0 Å². The van der Waals surface area contributed by atoms with Crippen LogP contribution in [-0.4, -0.2) is 0 Å². The fourth-order valence-corrected chi connectivity index (χ4v) is 1.95. The molecule has 0 aromatic rings. The van der Waals surface area contributed by atoms with E-state index in [0.717, 1.165) is 17.8 Å². The van der Waals surface area contributed by atoms with Gasteiger partial charge in [-0.1, -0.05) is 41.0 Å². The van der Waals surface area contributed by atoms with Crippen molar-refractivity contribution in [2.24, 2.45) is 17.8 Å². The van der Waals surface area contributed by atoms with Crippen molar-refractivity contribution in [3.8, 4) is 0 Å². The van der Waals surface area contributed by atoms with E-state index >= 15 is 0 Å². The second kappa shape index (κ2) is 4.79. The molecular formula is C11H24. The lowest BCUT2D eigenvalue weighted by Crippen LogP contribution is -2.16. The molecule has 0 amide bonds. The first kappa shape index (κ1) is 11.0. The summed E-state index contributed by atoms with van der Waals surface area (Å²) in [5, 5.41) is 0. The quantitative estimate of drug-likeness (QED) is 0.536. The van der Waals surface area contributed by atoms with Gasteiger partial charge in [-0.2, -0.15) is 0 Å². The van der Waals surface area contributed by atoms with E-state index in [2.05, 4.69) is 20.8 Å². The average Bonchev–Trinajstić information content (AvgIpc) is 1.88. The number of hydrogen-bond acceptors (Lipinski definition) is 0. The molecule has 0 aromatic heterocycles. The van der Waals surface area contributed by atoms with Crippen molar-refractivity contribution in [1.29, 1.82) is 0 Å². The van der Waals surface area contributed by atoms with Crippen LogP contribution in [0.5, 0.6) is 0 Å². The summed E-state index contributed by atoms with van der Waals surface area (Å²) in [6.45, 7) is 7.11. The summed E-state index contributed by atoms with van der Waals surface area (Å²) >= 11 is 0. The van der Waals surface area contributed by atoms with Gasteiger partial charge in [-0.15, -0.1) is 0 Å². The lowest BCUT2D eigenvalue weighted by atomic mass is 9.78. The van der Waals surface area contributed by atoms with Crippen molar-refractivity contribution in [3.63, 3.8) is 0 Å². The monoisotopic (exact) mass is 156 g/mol. The summed E-state index contributed by atoms with van der Waals surface area (Å²) in [5.41, 5.74) is 0. The standard InChI is InChI=1S/C10H20.CH4/c1-8(2)10-6-4-9(3)5-7-10;/h8-10H,4-7H2,1-3H3;1H4. The Morgan fingerprint density at radius 1 is 1.00 bits per heavy atom. The third-order valence-electron chi connectivity index (χ3n) is 3.00. The van der Waals surface area contributed by atoms with E-state index < -0.39 is 0 Å². The van der Waals surface area contributed by atoms with Gasteiger partial charge in [-0.05, 0) is 30.6 Å². The molecule has 0 bridgehead atoms. The molecule has 1 aliphatic rings. The van der Waals surface area contributed by atoms with Gasteiger partial charge in [-0.25, -0.2) is 0 Å².